The molecule has 5 nitrogen and oxygen atoms in total. The minimum atomic E-state index is -2.36. The predicted molar refractivity (Wildman–Crippen MR) is 118 cm³/mol. The molecule has 0 spiro atoms. The van der Waals surface area contributed by atoms with Crippen LogP contribution in [-0.4, -0.2) is 17.9 Å². The lowest BCUT2D eigenvalue weighted by molar-refractivity contribution is -0.141. The maximum Gasteiger partial charge on any atom is 0.352 e. The smallest absolute Gasteiger partial charge is 0.352 e. The van der Waals surface area contributed by atoms with E-state index in [0.717, 1.165) is 6.92 Å². The van der Waals surface area contributed by atoms with Gasteiger partial charge in [0.05, 0.1) is 5.56 Å². The summed E-state index contributed by atoms with van der Waals surface area (Å²) in [6.45, 7) is 2.56. The zero-order chi connectivity index (χ0) is 26.3. The van der Waals surface area contributed by atoms with E-state index in [1.807, 2.05) is 0 Å². The van der Waals surface area contributed by atoms with Crippen LogP contribution in [0.25, 0.3) is 6.08 Å². The summed E-state index contributed by atoms with van der Waals surface area (Å²) in [5.41, 5.74) is 1.29. The fourth-order valence-corrected chi connectivity index (χ4v) is 3.48. The molecular formula is C25H14ClF5O5. The molecule has 1 unspecified atom stereocenters. The Morgan fingerprint density at radius 2 is 1.56 bits per heavy atom. The van der Waals surface area contributed by atoms with E-state index in [-0.39, 0.29) is 22.8 Å². The number of esters is 1. The van der Waals surface area contributed by atoms with E-state index in [0.29, 0.717) is 16.1 Å². The molecule has 1 aliphatic heterocycles. The van der Waals surface area contributed by atoms with Crippen molar-refractivity contribution in [2.24, 2.45) is 0 Å². The SMILES string of the molecule is Cc1cc(OC(=O)C(C)Oc2c(F)c(F)c(F)c(F)c2F)cc2c1C(=O)/C(=C/c1ccc(Cl)cc1)O2. The van der Waals surface area contributed by atoms with Crippen molar-refractivity contribution in [3.05, 3.63) is 93.0 Å². The number of carbonyl (C=O) groups is 2. The number of hydrogen-bond acceptors (Lipinski definition) is 5. The summed E-state index contributed by atoms with van der Waals surface area (Å²) in [5.74, 6) is -14.5. The first kappa shape index (κ1) is 25.2. The molecule has 36 heavy (non-hydrogen) atoms. The average Bonchev–Trinajstić information content (AvgIpc) is 3.15. The second-order valence-corrected chi connectivity index (χ2v) is 8.12. The van der Waals surface area contributed by atoms with Gasteiger partial charge in [0.25, 0.3) is 0 Å². The third-order valence-corrected chi connectivity index (χ3v) is 5.38. The zero-order valence-corrected chi connectivity index (χ0v) is 19.2. The Bertz CT molecular complexity index is 1410. The van der Waals surface area contributed by atoms with Gasteiger partial charge >= 0.3 is 5.97 Å². The summed E-state index contributed by atoms with van der Waals surface area (Å²) < 4.78 is 83.1. The molecule has 1 heterocycles. The van der Waals surface area contributed by atoms with Crippen molar-refractivity contribution in [1.29, 1.82) is 0 Å². The Morgan fingerprint density at radius 1 is 0.972 bits per heavy atom. The Balaban J connectivity index is 1.53. The van der Waals surface area contributed by atoms with E-state index in [2.05, 4.69) is 4.74 Å². The number of allylic oxidation sites excluding steroid dienone is 1. The van der Waals surface area contributed by atoms with Gasteiger partial charge in [-0.2, -0.15) is 8.78 Å². The van der Waals surface area contributed by atoms with Gasteiger partial charge < -0.3 is 14.2 Å². The zero-order valence-electron chi connectivity index (χ0n) is 18.4. The van der Waals surface area contributed by atoms with Crippen LogP contribution < -0.4 is 14.2 Å². The number of Topliss-reactive ketones (excluding diaryl/α,β-unsaturated/α-hetero) is 1. The molecule has 0 aromatic heterocycles. The van der Waals surface area contributed by atoms with Crippen molar-refractivity contribution >= 4 is 29.4 Å². The largest absolute Gasteiger partial charge is 0.473 e. The highest BCUT2D eigenvalue weighted by molar-refractivity contribution is 6.30. The lowest BCUT2D eigenvalue weighted by Gasteiger charge is -2.16. The number of ether oxygens (including phenoxy) is 3. The van der Waals surface area contributed by atoms with Crippen LogP contribution in [0.3, 0.4) is 0 Å². The number of carbonyl (C=O) groups excluding carboxylic acids is 2. The number of fused-ring (bicyclic) bond motifs is 1. The summed E-state index contributed by atoms with van der Waals surface area (Å²) in [6.07, 6.45) is -0.265. The van der Waals surface area contributed by atoms with Gasteiger partial charge in [0.2, 0.25) is 34.9 Å². The van der Waals surface area contributed by atoms with Crippen LogP contribution >= 0.6 is 11.6 Å². The molecule has 11 heteroatoms. The summed E-state index contributed by atoms with van der Waals surface area (Å²) in [5, 5.41) is 0.514. The molecule has 0 radical (unpaired) electrons. The maximum absolute atomic E-state index is 13.8. The topological polar surface area (TPSA) is 61.8 Å². The van der Waals surface area contributed by atoms with Gasteiger partial charge in [-0.25, -0.2) is 18.0 Å². The Labute approximate surface area is 205 Å². The normalized spacial score (nSPS) is 14.4. The molecule has 1 atom stereocenters. The van der Waals surface area contributed by atoms with Crippen molar-refractivity contribution in [1.82, 2.24) is 0 Å². The molecule has 1 aliphatic rings. The number of aryl methyl sites for hydroxylation is 1. The lowest BCUT2D eigenvalue weighted by atomic mass is 10.0. The van der Waals surface area contributed by atoms with Crippen molar-refractivity contribution < 1.29 is 45.8 Å². The highest BCUT2D eigenvalue weighted by Gasteiger charge is 2.32. The molecule has 0 saturated heterocycles. The van der Waals surface area contributed by atoms with Crippen molar-refractivity contribution in [2.75, 3.05) is 0 Å². The minimum Gasteiger partial charge on any atom is -0.473 e. The number of benzene rings is 3. The van der Waals surface area contributed by atoms with Crippen LogP contribution in [-0.2, 0) is 4.79 Å². The molecule has 0 amide bonds. The first-order chi connectivity index (χ1) is 17.0. The Morgan fingerprint density at radius 3 is 2.17 bits per heavy atom. The molecular weight excluding hydrogens is 511 g/mol. The highest BCUT2D eigenvalue weighted by Crippen LogP contribution is 2.38. The van der Waals surface area contributed by atoms with Crippen LogP contribution in [0.1, 0.15) is 28.4 Å². The first-order valence-corrected chi connectivity index (χ1v) is 10.6. The maximum atomic E-state index is 13.8. The van der Waals surface area contributed by atoms with E-state index in [4.69, 9.17) is 21.1 Å². The van der Waals surface area contributed by atoms with Gasteiger partial charge in [-0.1, -0.05) is 23.7 Å². The molecule has 3 aromatic rings. The second-order valence-electron chi connectivity index (χ2n) is 7.68. The molecule has 0 aliphatic carbocycles. The van der Waals surface area contributed by atoms with Gasteiger partial charge in [0.15, 0.2) is 17.6 Å². The van der Waals surface area contributed by atoms with Crippen LogP contribution in [0.15, 0.2) is 42.2 Å². The monoisotopic (exact) mass is 524 g/mol. The van der Waals surface area contributed by atoms with Crippen molar-refractivity contribution in [3.63, 3.8) is 0 Å². The molecule has 0 fully saturated rings. The molecule has 0 N–H and O–H groups in total. The summed E-state index contributed by atoms with van der Waals surface area (Å²) in [6, 6.07) is 9.22. The van der Waals surface area contributed by atoms with Crippen molar-refractivity contribution in [2.45, 2.75) is 20.0 Å². The van der Waals surface area contributed by atoms with Gasteiger partial charge in [-0.15, -0.1) is 0 Å². The summed E-state index contributed by atoms with van der Waals surface area (Å²) in [7, 11) is 0. The van der Waals surface area contributed by atoms with Crippen LogP contribution in [0.4, 0.5) is 22.0 Å². The quantitative estimate of drug-likeness (QED) is 0.0974. The summed E-state index contributed by atoms with van der Waals surface area (Å²) >= 11 is 5.86. The van der Waals surface area contributed by atoms with Gasteiger partial charge in [0, 0.05) is 11.1 Å². The third kappa shape index (κ3) is 4.64. The number of ketones is 1. The third-order valence-electron chi connectivity index (χ3n) is 5.13. The van der Waals surface area contributed by atoms with E-state index in [1.165, 1.54) is 18.2 Å². The highest BCUT2D eigenvalue weighted by atomic mass is 35.5. The van der Waals surface area contributed by atoms with Crippen molar-refractivity contribution in [3.8, 4) is 17.2 Å². The van der Waals surface area contributed by atoms with E-state index in [9.17, 15) is 31.5 Å². The van der Waals surface area contributed by atoms with Crippen LogP contribution in [0.2, 0.25) is 5.02 Å². The van der Waals surface area contributed by atoms with Crippen LogP contribution in [0, 0.1) is 36.0 Å². The second kappa shape index (κ2) is 9.62. The molecule has 0 bridgehead atoms. The van der Waals surface area contributed by atoms with Gasteiger partial charge in [-0.05, 0) is 49.2 Å². The summed E-state index contributed by atoms with van der Waals surface area (Å²) in [4.78, 5) is 25.2. The van der Waals surface area contributed by atoms with Gasteiger partial charge in [0.1, 0.15) is 11.5 Å². The van der Waals surface area contributed by atoms with E-state index >= 15 is 0 Å². The Kier molecular flexibility index (Phi) is 6.73. The number of rotatable bonds is 5. The fourth-order valence-electron chi connectivity index (χ4n) is 3.36. The fraction of sp³-hybridized carbons (Fsp3) is 0.120. The lowest BCUT2D eigenvalue weighted by Crippen LogP contribution is -2.29. The average molecular weight is 525 g/mol. The molecule has 3 aromatic carbocycles. The molecule has 4 rings (SSSR count). The predicted octanol–water partition coefficient (Wildman–Crippen LogP) is 6.33. The van der Waals surface area contributed by atoms with E-state index < -0.39 is 52.7 Å². The molecule has 186 valence electrons. The number of halogens is 6. The molecule has 0 saturated carbocycles. The minimum absolute atomic E-state index is 0.0157. The van der Waals surface area contributed by atoms with E-state index in [1.54, 1.807) is 31.2 Å². The van der Waals surface area contributed by atoms with Crippen LogP contribution in [0.5, 0.6) is 17.2 Å². The Hall–Kier alpha value is -3.92. The first-order valence-electron chi connectivity index (χ1n) is 10.2. The standard InChI is InChI=1S/C25H14ClF5O5/c1-10-7-14(9-15-17(10)23(32)16(36-15)8-12-3-5-13(26)6-4-12)35-25(33)11(2)34-24-21(30)19(28)18(27)20(29)22(24)31/h3-9,11H,1-2H3/b16-8-. The van der Waals surface area contributed by atoms with Gasteiger partial charge in [-0.3, -0.25) is 4.79 Å². The number of hydrogen-bond donors (Lipinski definition) is 0.